The number of nitrogens with one attached hydrogen (secondary N) is 1. The first-order valence-corrected chi connectivity index (χ1v) is 4.09. The Morgan fingerprint density at radius 1 is 1.64 bits per heavy atom. The molecular weight excluding hydrogens is 136 g/mol. The molecule has 1 N–H and O–H groups in total. The Kier molecular flexibility index (Phi) is 2.71. The number of hydrogen-bond acceptors (Lipinski definition) is 1. The summed E-state index contributed by atoms with van der Waals surface area (Å²) >= 11 is 0. The molecule has 2 nitrogen and oxygen atoms in total. The summed E-state index contributed by atoms with van der Waals surface area (Å²) in [5.41, 5.74) is 1.36. The number of aryl methyl sites for hydroxylation is 1. The lowest BCUT2D eigenvalue weighted by Gasteiger charge is -2.09. The third kappa shape index (κ3) is 2.09. The summed E-state index contributed by atoms with van der Waals surface area (Å²) in [5, 5.41) is 3.36. The van der Waals surface area contributed by atoms with Crippen molar-refractivity contribution in [3.8, 4) is 0 Å². The van der Waals surface area contributed by atoms with Crippen molar-refractivity contribution >= 4 is 0 Å². The fraction of sp³-hybridized carbons (Fsp3) is 0.556. The summed E-state index contributed by atoms with van der Waals surface area (Å²) in [5.74, 6) is 0. The van der Waals surface area contributed by atoms with E-state index in [1.54, 1.807) is 0 Å². The van der Waals surface area contributed by atoms with E-state index in [1.807, 2.05) is 7.05 Å². The van der Waals surface area contributed by atoms with Crippen molar-refractivity contribution < 1.29 is 0 Å². The zero-order valence-corrected chi connectivity index (χ0v) is 7.46. The summed E-state index contributed by atoms with van der Waals surface area (Å²) < 4.78 is 2.07. The summed E-state index contributed by atoms with van der Waals surface area (Å²) in [7, 11) is 2.04. The fourth-order valence-electron chi connectivity index (χ4n) is 1.21. The maximum Gasteiger partial charge on any atom is 0.0306 e. The van der Waals surface area contributed by atoms with Crippen molar-refractivity contribution in [3.63, 3.8) is 0 Å². The highest BCUT2D eigenvalue weighted by atomic mass is 14.9. The largest absolute Gasteiger partial charge is 0.357 e. The van der Waals surface area contributed by atoms with Crippen molar-refractivity contribution in [2.75, 3.05) is 6.54 Å². The average Bonchev–Trinajstić information content (AvgIpc) is 2.36. The predicted octanol–water partition coefficient (Wildman–Crippen LogP) is 1.70. The van der Waals surface area contributed by atoms with E-state index in [2.05, 4.69) is 42.2 Å². The molecule has 0 aliphatic rings. The molecule has 0 spiro atoms. The van der Waals surface area contributed by atoms with Gasteiger partial charge in [0.2, 0.25) is 0 Å². The van der Waals surface area contributed by atoms with E-state index in [9.17, 15) is 0 Å². The van der Waals surface area contributed by atoms with E-state index in [4.69, 9.17) is 0 Å². The van der Waals surface area contributed by atoms with Crippen LogP contribution in [0.2, 0.25) is 0 Å². The molecule has 0 saturated carbocycles. The average molecular weight is 152 g/mol. The third-order valence-corrected chi connectivity index (χ3v) is 1.87. The minimum Gasteiger partial charge on any atom is -0.357 e. The smallest absolute Gasteiger partial charge is 0.0306 e. The molecule has 0 aromatic carbocycles. The van der Waals surface area contributed by atoms with Crippen LogP contribution in [0, 0.1) is 0 Å². The van der Waals surface area contributed by atoms with Crippen LogP contribution in [0.5, 0.6) is 0 Å². The highest BCUT2D eigenvalue weighted by molar-refractivity contribution is 5.13. The molecule has 2 heteroatoms. The molecule has 0 saturated heterocycles. The number of nitrogens with zero attached hydrogens (tertiary/aromatic N) is 1. The first-order chi connectivity index (χ1) is 5.24. The van der Waals surface area contributed by atoms with Gasteiger partial charge in [0, 0.05) is 25.5 Å². The van der Waals surface area contributed by atoms with Crippen molar-refractivity contribution in [2.24, 2.45) is 7.05 Å². The lowest BCUT2D eigenvalue weighted by atomic mass is 10.2. The van der Waals surface area contributed by atoms with Crippen LogP contribution < -0.4 is 5.32 Å². The molecule has 1 rings (SSSR count). The maximum absolute atomic E-state index is 3.36. The second-order valence-corrected chi connectivity index (χ2v) is 2.89. The van der Waals surface area contributed by atoms with Crippen molar-refractivity contribution in [1.29, 1.82) is 0 Å². The van der Waals surface area contributed by atoms with Gasteiger partial charge in [-0.25, -0.2) is 0 Å². The molecule has 0 radical (unpaired) electrons. The molecule has 0 unspecified atom stereocenters. The Hall–Kier alpha value is -0.760. The Labute approximate surface area is 68.2 Å². The molecule has 1 atom stereocenters. The van der Waals surface area contributed by atoms with Gasteiger partial charge in [0.05, 0.1) is 0 Å². The van der Waals surface area contributed by atoms with Gasteiger partial charge in [-0.1, -0.05) is 6.92 Å². The van der Waals surface area contributed by atoms with Crippen molar-refractivity contribution in [3.05, 3.63) is 24.0 Å². The first-order valence-electron chi connectivity index (χ1n) is 4.09. The topological polar surface area (TPSA) is 17.0 Å². The van der Waals surface area contributed by atoms with Gasteiger partial charge in [-0.3, -0.25) is 0 Å². The second-order valence-electron chi connectivity index (χ2n) is 2.89. The normalized spacial score (nSPS) is 13.4. The van der Waals surface area contributed by atoms with Gasteiger partial charge in [-0.15, -0.1) is 0 Å². The van der Waals surface area contributed by atoms with E-state index in [0.29, 0.717) is 6.04 Å². The van der Waals surface area contributed by atoms with Crippen molar-refractivity contribution in [1.82, 2.24) is 9.88 Å². The molecule has 1 aromatic rings. The standard InChI is InChI=1S/C9H16N2/c1-4-10-8(2)9-5-6-11(3)7-9/h5-8,10H,4H2,1-3H3/t8-/m1/s1. The number of rotatable bonds is 3. The summed E-state index contributed by atoms with van der Waals surface area (Å²) in [6.07, 6.45) is 4.22. The second kappa shape index (κ2) is 3.58. The van der Waals surface area contributed by atoms with Crippen molar-refractivity contribution in [2.45, 2.75) is 19.9 Å². The van der Waals surface area contributed by atoms with Gasteiger partial charge in [-0.05, 0) is 25.1 Å². The zero-order valence-electron chi connectivity index (χ0n) is 7.46. The van der Waals surface area contributed by atoms with E-state index in [1.165, 1.54) is 5.56 Å². The minimum absolute atomic E-state index is 0.473. The molecule has 62 valence electrons. The van der Waals surface area contributed by atoms with Crippen LogP contribution in [0.15, 0.2) is 18.5 Å². The molecule has 0 fully saturated rings. The van der Waals surface area contributed by atoms with Gasteiger partial charge in [0.25, 0.3) is 0 Å². The van der Waals surface area contributed by atoms with Crippen LogP contribution >= 0.6 is 0 Å². The van der Waals surface area contributed by atoms with E-state index in [-0.39, 0.29) is 0 Å². The first kappa shape index (κ1) is 8.34. The summed E-state index contributed by atoms with van der Waals surface area (Å²) in [6, 6.07) is 2.62. The zero-order chi connectivity index (χ0) is 8.27. The van der Waals surface area contributed by atoms with Crippen LogP contribution in [0.1, 0.15) is 25.5 Å². The van der Waals surface area contributed by atoms with Crippen LogP contribution in [-0.4, -0.2) is 11.1 Å². The fourth-order valence-corrected chi connectivity index (χ4v) is 1.21. The predicted molar refractivity (Wildman–Crippen MR) is 47.5 cm³/mol. The molecule has 0 amide bonds. The van der Waals surface area contributed by atoms with E-state index < -0.39 is 0 Å². The highest BCUT2D eigenvalue weighted by Gasteiger charge is 2.02. The maximum atomic E-state index is 3.36. The molecule has 0 bridgehead atoms. The Morgan fingerprint density at radius 2 is 2.36 bits per heavy atom. The monoisotopic (exact) mass is 152 g/mol. The van der Waals surface area contributed by atoms with Crippen LogP contribution in [0.3, 0.4) is 0 Å². The van der Waals surface area contributed by atoms with E-state index >= 15 is 0 Å². The van der Waals surface area contributed by atoms with E-state index in [0.717, 1.165) is 6.54 Å². The van der Waals surface area contributed by atoms with Gasteiger partial charge in [-0.2, -0.15) is 0 Å². The molecule has 11 heavy (non-hydrogen) atoms. The van der Waals surface area contributed by atoms with Crippen LogP contribution in [0.25, 0.3) is 0 Å². The van der Waals surface area contributed by atoms with Gasteiger partial charge in [0.1, 0.15) is 0 Å². The summed E-state index contributed by atoms with van der Waals surface area (Å²) in [6.45, 7) is 5.33. The molecule has 0 aliphatic carbocycles. The highest BCUT2D eigenvalue weighted by Crippen LogP contribution is 2.10. The third-order valence-electron chi connectivity index (χ3n) is 1.87. The van der Waals surface area contributed by atoms with Crippen LogP contribution in [0.4, 0.5) is 0 Å². The Bertz CT molecular complexity index is 215. The lowest BCUT2D eigenvalue weighted by molar-refractivity contribution is 0.597. The van der Waals surface area contributed by atoms with Gasteiger partial charge < -0.3 is 9.88 Å². The Morgan fingerprint density at radius 3 is 2.82 bits per heavy atom. The van der Waals surface area contributed by atoms with Gasteiger partial charge in [0.15, 0.2) is 0 Å². The van der Waals surface area contributed by atoms with Gasteiger partial charge >= 0.3 is 0 Å². The quantitative estimate of drug-likeness (QED) is 0.697. The number of hydrogen-bond donors (Lipinski definition) is 1. The Balaban J connectivity index is 2.60. The molecule has 0 aliphatic heterocycles. The summed E-state index contributed by atoms with van der Waals surface area (Å²) in [4.78, 5) is 0. The SMILES string of the molecule is CCN[C@H](C)c1ccn(C)c1. The molecular formula is C9H16N2. The van der Waals surface area contributed by atoms with Crippen LogP contribution in [-0.2, 0) is 7.05 Å². The molecule has 1 aromatic heterocycles. The lowest BCUT2D eigenvalue weighted by Crippen LogP contribution is -2.17. The minimum atomic E-state index is 0.473. The molecule has 1 heterocycles. The number of aromatic nitrogens is 1.